The SMILES string of the molecule is CN(C)C(=O)c1ccc(-c2cnc(N)c(-c3nnc(Nc4ccccc4Cl)o3)n2)cc1.CN(C)C(=O)c1ccc(-c2cnc(N)c(C(=O)NN)n2)cc1.COC(=O)c1nc(Br)cnc1N. The van der Waals surface area contributed by atoms with Crippen molar-refractivity contribution in [2.75, 3.05) is 57.8 Å². The third-order valence-electron chi connectivity index (χ3n) is 8.51. The summed E-state index contributed by atoms with van der Waals surface area (Å²) in [6, 6.07) is 21.2. The van der Waals surface area contributed by atoms with Gasteiger partial charge in [0.25, 0.3) is 23.6 Å². The number of hydrogen-bond acceptors (Lipinski definition) is 19. The first-order valence-electron chi connectivity index (χ1n) is 18.6. The molecule has 0 fully saturated rings. The fourth-order valence-corrected chi connectivity index (χ4v) is 5.69. The molecule has 0 aliphatic carbocycles. The van der Waals surface area contributed by atoms with Crippen LogP contribution >= 0.6 is 27.5 Å². The fourth-order valence-electron chi connectivity index (χ4n) is 5.22. The van der Waals surface area contributed by atoms with E-state index < -0.39 is 11.9 Å². The van der Waals surface area contributed by atoms with Crippen LogP contribution in [0.5, 0.6) is 0 Å². The van der Waals surface area contributed by atoms with Crippen LogP contribution in [0.4, 0.5) is 29.2 Å². The maximum atomic E-state index is 12.1. The summed E-state index contributed by atoms with van der Waals surface area (Å²) < 4.78 is 10.5. The molecule has 0 saturated heterocycles. The Morgan fingerprint density at radius 1 is 0.692 bits per heavy atom. The minimum absolute atomic E-state index is 0.00824. The summed E-state index contributed by atoms with van der Waals surface area (Å²) in [6.07, 6.45) is 4.40. The second-order valence-corrected chi connectivity index (χ2v) is 14.7. The molecule has 3 aromatic carbocycles. The zero-order valence-corrected chi connectivity index (χ0v) is 37.5. The number of benzene rings is 3. The van der Waals surface area contributed by atoms with Crippen LogP contribution in [-0.2, 0) is 4.74 Å². The van der Waals surface area contributed by atoms with Gasteiger partial charge in [0.1, 0.15) is 4.60 Å². The second-order valence-electron chi connectivity index (χ2n) is 13.4. The van der Waals surface area contributed by atoms with E-state index in [2.05, 4.69) is 66.1 Å². The number of nitrogen functional groups attached to an aromatic ring is 4. The molecule has 3 amide bonds. The first-order chi connectivity index (χ1) is 31.0. The molecule has 4 heterocycles. The number of methoxy groups -OCH3 is 1. The lowest BCUT2D eigenvalue weighted by molar-refractivity contribution is 0.0594. The minimum atomic E-state index is -0.619. The molecule has 0 unspecified atom stereocenters. The maximum Gasteiger partial charge on any atom is 0.360 e. The van der Waals surface area contributed by atoms with Crippen LogP contribution in [-0.4, -0.2) is 109 Å². The molecule has 22 nitrogen and oxygen atoms in total. The Bertz CT molecular complexity index is 2830. The van der Waals surface area contributed by atoms with Gasteiger partial charge in [-0.1, -0.05) is 53.1 Å². The molecular weight excluding hydrogens is 928 g/mol. The Labute approximate surface area is 383 Å². The molecule has 4 aromatic heterocycles. The molecule has 7 rings (SSSR count). The standard InChI is InChI=1S/C21H18ClN7O2.C14H16N6O2.C6H6BrN3O2/c1-29(2)20(30)13-9-7-12(8-10-13)16-11-24-18(23)17(25-16)19-27-28-21(31-19)26-15-6-4-3-5-14(15)22;1-20(2)14(22)9-5-3-8(4-6-9)10-7-17-12(15)11(18-10)13(21)19-16;1-12-6(11)4-5(8)9-2-3(7)10-4/h3-11H,1-2H3,(H2,23,24)(H,26,28);3-7H,16H2,1-2H3,(H2,15,17)(H,19,21);2H,1H3,(H2,8,9). The van der Waals surface area contributed by atoms with Gasteiger partial charge in [-0.15, -0.1) is 5.10 Å². The lowest BCUT2D eigenvalue weighted by Crippen LogP contribution is -2.31. The van der Waals surface area contributed by atoms with Gasteiger partial charge in [0, 0.05) is 50.4 Å². The number of amides is 3. The van der Waals surface area contributed by atoms with E-state index in [1.54, 1.807) is 95.1 Å². The normalized spacial score (nSPS) is 10.3. The van der Waals surface area contributed by atoms with Gasteiger partial charge in [-0.05, 0) is 52.3 Å². The number of hydrogen-bond donors (Lipinski definition) is 6. The van der Waals surface area contributed by atoms with Gasteiger partial charge in [0.15, 0.2) is 34.5 Å². The number of ether oxygens (including phenoxy) is 1. The number of hydrazine groups is 1. The number of carbonyl (C=O) groups excluding carboxylic acids is 4. The van der Waals surface area contributed by atoms with Crippen molar-refractivity contribution in [3.05, 3.63) is 124 Å². The quantitative estimate of drug-likeness (QED) is 0.0501. The Morgan fingerprint density at radius 2 is 1.22 bits per heavy atom. The van der Waals surface area contributed by atoms with E-state index in [0.29, 0.717) is 43.4 Å². The van der Waals surface area contributed by atoms with Crippen molar-refractivity contribution in [1.82, 2.24) is 55.3 Å². The maximum absolute atomic E-state index is 12.1. The second kappa shape index (κ2) is 21.8. The van der Waals surface area contributed by atoms with Crippen molar-refractivity contribution >= 4 is 80.4 Å². The third-order valence-corrected chi connectivity index (χ3v) is 9.22. The van der Waals surface area contributed by atoms with Crippen LogP contribution < -0.4 is 33.8 Å². The zero-order chi connectivity index (χ0) is 47.4. The molecule has 0 radical (unpaired) electrons. The van der Waals surface area contributed by atoms with Gasteiger partial charge < -0.3 is 41.5 Å². The average Bonchev–Trinajstić information content (AvgIpc) is 3.78. The summed E-state index contributed by atoms with van der Waals surface area (Å²) >= 11 is 9.20. The highest BCUT2D eigenvalue weighted by Crippen LogP contribution is 2.29. The summed E-state index contributed by atoms with van der Waals surface area (Å²) in [6.45, 7) is 0. The smallest absolute Gasteiger partial charge is 0.360 e. The summed E-state index contributed by atoms with van der Waals surface area (Å²) in [7, 11) is 8.02. The first-order valence-corrected chi connectivity index (χ1v) is 19.8. The van der Waals surface area contributed by atoms with Crippen molar-refractivity contribution in [2.45, 2.75) is 0 Å². The third kappa shape index (κ3) is 12.3. The van der Waals surface area contributed by atoms with E-state index in [0.717, 1.165) is 5.56 Å². The topological polar surface area (TPSA) is 328 Å². The number of esters is 1. The molecule has 0 spiro atoms. The van der Waals surface area contributed by atoms with Crippen LogP contribution in [0.25, 0.3) is 34.1 Å². The number of rotatable bonds is 9. The molecular formula is C41H40BrClN16O6. The van der Waals surface area contributed by atoms with E-state index >= 15 is 0 Å². The Balaban J connectivity index is 0.000000203. The lowest BCUT2D eigenvalue weighted by atomic mass is 10.1. The van der Waals surface area contributed by atoms with Crippen LogP contribution in [0, 0.1) is 0 Å². The predicted octanol–water partition coefficient (Wildman–Crippen LogP) is 4.51. The molecule has 334 valence electrons. The Morgan fingerprint density at radius 3 is 1.75 bits per heavy atom. The van der Waals surface area contributed by atoms with Crippen LogP contribution in [0.1, 0.15) is 41.7 Å². The number of halogens is 2. The van der Waals surface area contributed by atoms with Crippen LogP contribution in [0.3, 0.4) is 0 Å². The molecule has 24 heteroatoms. The monoisotopic (exact) mass is 966 g/mol. The van der Waals surface area contributed by atoms with Gasteiger partial charge in [-0.3, -0.25) is 19.8 Å². The van der Waals surface area contributed by atoms with Crippen molar-refractivity contribution < 1.29 is 28.3 Å². The highest BCUT2D eigenvalue weighted by Gasteiger charge is 2.18. The molecule has 7 aromatic rings. The van der Waals surface area contributed by atoms with Gasteiger partial charge in [-0.2, -0.15) is 0 Å². The van der Waals surface area contributed by atoms with Gasteiger partial charge >= 0.3 is 12.0 Å². The molecule has 65 heavy (non-hydrogen) atoms. The lowest BCUT2D eigenvalue weighted by Gasteiger charge is -2.10. The van der Waals surface area contributed by atoms with Gasteiger partial charge in [-0.25, -0.2) is 40.5 Å². The molecule has 0 aliphatic rings. The van der Waals surface area contributed by atoms with E-state index in [-0.39, 0.29) is 58.3 Å². The number of aromatic nitrogens is 8. The summed E-state index contributed by atoms with van der Waals surface area (Å²) in [4.78, 5) is 73.8. The zero-order valence-electron chi connectivity index (χ0n) is 35.1. The van der Waals surface area contributed by atoms with E-state index in [9.17, 15) is 19.2 Å². The van der Waals surface area contributed by atoms with Crippen LogP contribution in [0.2, 0.25) is 5.02 Å². The molecule has 0 saturated carbocycles. The van der Waals surface area contributed by atoms with Crippen molar-refractivity contribution in [1.29, 1.82) is 0 Å². The highest BCUT2D eigenvalue weighted by atomic mass is 79.9. The number of nitrogens with zero attached hydrogens (tertiary/aromatic N) is 10. The fraction of sp³-hybridized carbons (Fsp3) is 0.122. The number of anilines is 5. The average molecular weight is 968 g/mol. The number of carbonyl (C=O) groups is 4. The summed E-state index contributed by atoms with van der Waals surface area (Å²) in [5.41, 5.74) is 23.4. The first kappa shape index (κ1) is 47.9. The Hall–Kier alpha value is -8.15. The van der Waals surface area contributed by atoms with Crippen molar-refractivity contribution in [3.8, 4) is 34.1 Å². The van der Waals surface area contributed by atoms with E-state index in [1.807, 2.05) is 17.6 Å². The highest BCUT2D eigenvalue weighted by molar-refractivity contribution is 9.10. The van der Waals surface area contributed by atoms with Gasteiger partial charge in [0.05, 0.1) is 47.8 Å². The number of nitrogens with two attached hydrogens (primary N) is 4. The summed E-state index contributed by atoms with van der Waals surface area (Å²) in [5, 5.41) is 11.4. The molecule has 0 atom stereocenters. The van der Waals surface area contributed by atoms with Crippen molar-refractivity contribution in [3.63, 3.8) is 0 Å². The van der Waals surface area contributed by atoms with E-state index in [1.165, 1.54) is 29.3 Å². The molecule has 0 aliphatic heterocycles. The predicted molar refractivity (Wildman–Crippen MR) is 245 cm³/mol. The number of nitrogens with one attached hydrogen (secondary N) is 2. The van der Waals surface area contributed by atoms with Crippen molar-refractivity contribution in [2.24, 2.45) is 5.84 Å². The molecule has 10 N–H and O–H groups in total. The Kier molecular flexibility index (Phi) is 16.0. The van der Waals surface area contributed by atoms with E-state index in [4.69, 9.17) is 39.1 Å². The number of para-hydroxylation sites is 1. The largest absolute Gasteiger partial charge is 0.464 e. The minimum Gasteiger partial charge on any atom is -0.464 e. The van der Waals surface area contributed by atoms with Crippen LogP contribution in [0.15, 0.2) is 100 Å². The van der Waals surface area contributed by atoms with Gasteiger partial charge in [0.2, 0.25) is 0 Å². The summed E-state index contributed by atoms with van der Waals surface area (Å²) in [5.74, 6) is 3.99. The molecule has 0 bridgehead atoms.